The molecule has 0 aliphatic carbocycles. The van der Waals surface area contributed by atoms with Crippen LogP contribution in [0.4, 0.5) is 10.5 Å². The molecule has 30 heavy (non-hydrogen) atoms. The van der Waals surface area contributed by atoms with Gasteiger partial charge in [-0.2, -0.15) is 0 Å². The lowest BCUT2D eigenvalue weighted by atomic mass is 9.85. The summed E-state index contributed by atoms with van der Waals surface area (Å²) in [5.41, 5.74) is 5.88. The van der Waals surface area contributed by atoms with Crippen molar-refractivity contribution in [2.45, 2.75) is 65.8 Å². The van der Waals surface area contributed by atoms with E-state index in [4.69, 9.17) is 4.74 Å². The average molecular weight is 409 g/mol. The van der Waals surface area contributed by atoms with Crippen molar-refractivity contribution in [2.24, 2.45) is 0 Å². The number of nitrogens with one attached hydrogen (secondary N) is 2. The minimum Gasteiger partial charge on any atom is -0.492 e. The van der Waals surface area contributed by atoms with Gasteiger partial charge in [-0.05, 0) is 62.8 Å². The third-order valence-corrected chi connectivity index (χ3v) is 5.64. The highest BCUT2D eigenvalue weighted by atomic mass is 16.5. The molecule has 0 fully saturated rings. The first kappa shape index (κ1) is 21.9. The van der Waals surface area contributed by atoms with Crippen LogP contribution in [0.3, 0.4) is 0 Å². The molecule has 1 aliphatic rings. The Morgan fingerprint density at radius 2 is 1.77 bits per heavy atom. The van der Waals surface area contributed by atoms with Gasteiger partial charge in [-0.25, -0.2) is 4.79 Å². The van der Waals surface area contributed by atoms with Gasteiger partial charge in [-0.15, -0.1) is 0 Å². The molecule has 5 heteroatoms. The monoisotopic (exact) mass is 408 g/mol. The number of ether oxygens (including phenoxy) is 1. The molecule has 2 N–H and O–H groups in total. The van der Waals surface area contributed by atoms with Crippen molar-refractivity contribution < 1.29 is 14.3 Å². The van der Waals surface area contributed by atoms with E-state index in [9.17, 15) is 9.59 Å². The molecule has 0 radical (unpaired) electrons. The Morgan fingerprint density at radius 3 is 2.30 bits per heavy atom. The zero-order chi connectivity index (χ0) is 22.2. The minimum absolute atomic E-state index is 0.0201. The predicted molar refractivity (Wildman–Crippen MR) is 121 cm³/mol. The van der Waals surface area contributed by atoms with E-state index in [1.54, 1.807) is 0 Å². The van der Waals surface area contributed by atoms with Crippen molar-refractivity contribution in [3.63, 3.8) is 0 Å². The van der Waals surface area contributed by atoms with Crippen LogP contribution in [0.5, 0.6) is 5.75 Å². The smallest absolute Gasteiger partial charge is 0.319 e. The second-order valence-electron chi connectivity index (χ2n) is 9.41. The summed E-state index contributed by atoms with van der Waals surface area (Å²) < 4.78 is 6.01. The zero-order valence-electron chi connectivity index (χ0n) is 19.0. The van der Waals surface area contributed by atoms with E-state index in [-0.39, 0.29) is 17.5 Å². The first-order chi connectivity index (χ1) is 14.0. The molecule has 1 heterocycles. The number of anilines is 1. The number of rotatable bonds is 4. The molecular weight excluding hydrogens is 376 g/mol. The largest absolute Gasteiger partial charge is 0.492 e. The van der Waals surface area contributed by atoms with E-state index in [1.165, 1.54) is 5.56 Å². The molecule has 0 saturated heterocycles. The van der Waals surface area contributed by atoms with Gasteiger partial charge >= 0.3 is 6.03 Å². The van der Waals surface area contributed by atoms with E-state index in [0.717, 1.165) is 28.5 Å². The van der Waals surface area contributed by atoms with Gasteiger partial charge in [0.05, 0.1) is 12.2 Å². The summed E-state index contributed by atoms with van der Waals surface area (Å²) >= 11 is 0. The standard InChI is InChI=1S/C25H32N2O3/c1-14(2)17-8-10-18(11-9-17)20-13-30-23-19(12-28)15(3)22(16(4)21(20)23)26-24(29)27-25(5,6)7/h8-12,14,20H,13H2,1-7H3,(H2,26,27,29)/t20-/m1/s1. The van der Waals surface area contributed by atoms with Gasteiger partial charge < -0.3 is 15.4 Å². The summed E-state index contributed by atoms with van der Waals surface area (Å²) in [4.78, 5) is 24.5. The van der Waals surface area contributed by atoms with Gasteiger partial charge in [0.25, 0.3) is 0 Å². The average Bonchev–Trinajstić information content (AvgIpc) is 3.09. The van der Waals surface area contributed by atoms with Crippen LogP contribution in [0.25, 0.3) is 0 Å². The Hall–Kier alpha value is -2.82. The number of carbonyl (C=O) groups is 2. The van der Waals surface area contributed by atoms with Gasteiger partial charge in [-0.1, -0.05) is 38.1 Å². The summed E-state index contributed by atoms with van der Waals surface area (Å²) in [6.07, 6.45) is 0.824. The number of carbonyl (C=O) groups excluding carboxylic acids is 2. The number of hydrogen-bond donors (Lipinski definition) is 2. The SMILES string of the molecule is Cc1c(C=O)c2c(c(C)c1NC(=O)NC(C)(C)C)[C@@H](c1ccc(C(C)C)cc1)CO2. The van der Waals surface area contributed by atoms with Crippen LogP contribution < -0.4 is 15.4 Å². The van der Waals surface area contributed by atoms with E-state index in [2.05, 4.69) is 48.7 Å². The Labute approximate surface area is 179 Å². The number of urea groups is 1. The Morgan fingerprint density at radius 1 is 1.13 bits per heavy atom. The third-order valence-electron chi connectivity index (χ3n) is 5.64. The van der Waals surface area contributed by atoms with Gasteiger partial charge in [-0.3, -0.25) is 4.79 Å². The molecule has 1 atom stereocenters. The molecule has 0 spiro atoms. The van der Waals surface area contributed by atoms with Crippen LogP contribution >= 0.6 is 0 Å². The first-order valence-corrected chi connectivity index (χ1v) is 10.5. The Kier molecular flexibility index (Phi) is 5.93. The van der Waals surface area contributed by atoms with E-state index in [0.29, 0.717) is 29.5 Å². The second kappa shape index (κ2) is 8.13. The quantitative estimate of drug-likeness (QED) is 0.639. The van der Waals surface area contributed by atoms with Gasteiger partial charge in [0.15, 0.2) is 6.29 Å². The molecule has 2 aromatic carbocycles. The van der Waals surface area contributed by atoms with Gasteiger partial charge in [0, 0.05) is 22.7 Å². The van der Waals surface area contributed by atoms with Gasteiger partial charge in [0.1, 0.15) is 5.75 Å². The highest BCUT2D eigenvalue weighted by Gasteiger charge is 2.33. The van der Waals surface area contributed by atoms with Crippen molar-refractivity contribution >= 4 is 18.0 Å². The molecule has 5 nitrogen and oxygen atoms in total. The molecule has 2 aromatic rings. The summed E-state index contributed by atoms with van der Waals surface area (Å²) in [5.74, 6) is 1.13. The van der Waals surface area contributed by atoms with E-state index >= 15 is 0 Å². The number of benzene rings is 2. The first-order valence-electron chi connectivity index (χ1n) is 10.5. The third kappa shape index (κ3) is 4.20. The molecular formula is C25H32N2O3. The summed E-state index contributed by atoms with van der Waals surface area (Å²) in [6.45, 7) is 14.4. The number of hydrogen-bond acceptors (Lipinski definition) is 3. The molecule has 1 aliphatic heterocycles. The van der Waals surface area contributed by atoms with Crippen molar-refractivity contribution in [1.29, 1.82) is 0 Å². The lowest BCUT2D eigenvalue weighted by Gasteiger charge is -2.23. The predicted octanol–water partition coefficient (Wildman–Crippen LogP) is 5.68. The van der Waals surface area contributed by atoms with Gasteiger partial charge in [0.2, 0.25) is 0 Å². The second-order valence-corrected chi connectivity index (χ2v) is 9.41. The van der Waals surface area contributed by atoms with Crippen LogP contribution in [0.15, 0.2) is 24.3 Å². The summed E-state index contributed by atoms with van der Waals surface area (Å²) in [7, 11) is 0. The summed E-state index contributed by atoms with van der Waals surface area (Å²) in [6, 6.07) is 8.29. The summed E-state index contributed by atoms with van der Waals surface area (Å²) in [5, 5.41) is 5.89. The van der Waals surface area contributed by atoms with Crippen molar-refractivity contribution in [3.05, 3.63) is 57.6 Å². The van der Waals surface area contributed by atoms with Crippen LogP contribution in [-0.4, -0.2) is 24.5 Å². The topological polar surface area (TPSA) is 67.4 Å². The van der Waals surface area contributed by atoms with E-state index in [1.807, 2.05) is 34.6 Å². The molecule has 0 saturated carbocycles. The molecule has 160 valence electrons. The van der Waals surface area contributed by atoms with Crippen molar-refractivity contribution in [3.8, 4) is 5.75 Å². The number of amides is 2. The van der Waals surface area contributed by atoms with Crippen LogP contribution in [0.2, 0.25) is 0 Å². The maximum absolute atomic E-state index is 12.5. The molecule has 3 rings (SSSR count). The fourth-order valence-corrected chi connectivity index (χ4v) is 4.05. The maximum Gasteiger partial charge on any atom is 0.319 e. The van der Waals surface area contributed by atoms with Crippen molar-refractivity contribution in [2.75, 3.05) is 11.9 Å². The molecule has 0 unspecified atom stereocenters. The Bertz CT molecular complexity index is 970. The van der Waals surface area contributed by atoms with Crippen molar-refractivity contribution in [1.82, 2.24) is 5.32 Å². The normalized spacial score (nSPS) is 15.5. The lowest BCUT2D eigenvalue weighted by Crippen LogP contribution is -2.43. The minimum atomic E-state index is -0.361. The van der Waals surface area contributed by atoms with E-state index < -0.39 is 0 Å². The molecule has 2 amide bonds. The fourth-order valence-electron chi connectivity index (χ4n) is 4.05. The molecule has 0 bridgehead atoms. The van der Waals surface area contributed by atoms with Crippen LogP contribution in [0, 0.1) is 13.8 Å². The highest BCUT2D eigenvalue weighted by molar-refractivity contribution is 5.96. The highest BCUT2D eigenvalue weighted by Crippen LogP contribution is 2.46. The lowest BCUT2D eigenvalue weighted by molar-refractivity contribution is 0.111. The zero-order valence-corrected chi connectivity index (χ0v) is 19.0. The van der Waals surface area contributed by atoms with Crippen LogP contribution in [0.1, 0.15) is 84.6 Å². The Balaban J connectivity index is 2.06. The fraction of sp³-hybridized carbons (Fsp3) is 0.440. The maximum atomic E-state index is 12.5. The number of aldehydes is 1. The van der Waals surface area contributed by atoms with Crippen LogP contribution in [-0.2, 0) is 0 Å². The number of fused-ring (bicyclic) bond motifs is 1. The molecule has 0 aromatic heterocycles.